The number of fused-ring (bicyclic) bond motifs is 10. The van der Waals surface area contributed by atoms with E-state index in [-0.39, 0.29) is 0 Å². The van der Waals surface area contributed by atoms with Crippen molar-refractivity contribution in [3.8, 4) is 11.4 Å². The number of nitrogens with zero attached hydrogens (tertiary/aromatic N) is 3. The minimum absolute atomic E-state index is 0.367. The van der Waals surface area contributed by atoms with Crippen molar-refractivity contribution in [2.45, 2.75) is 6.67 Å². The van der Waals surface area contributed by atoms with Gasteiger partial charge in [0.05, 0.1) is 33.3 Å². The SMILES string of the molecule is N/C(=C1/Oc2ccc3ccccc3c2/C1=N/Cn1c2ccccc2c2ccc3c4ccccc4n(-c4ccccc4)c3c21)c1ccccc1. The molecule has 7 aromatic carbocycles. The standard InChI is InChI=1S/C44H30N4O/c45-40(29-14-3-1-4-15-29)44-41(39-31-18-8-7-13-28(31)23-26-38(39)49-44)46-27-47-36-21-11-9-19-32(36)34-24-25-35-33-20-10-12-22-37(33)48(43(35)42(34)47)30-16-5-2-6-17-30/h1-26H,27,45H2/b44-40+,46-41-. The van der Waals surface area contributed by atoms with E-state index in [0.717, 1.165) is 55.6 Å². The van der Waals surface area contributed by atoms with Gasteiger partial charge in [-0.05, 0) is 41.1 Å². The maximum atomic E-state index is 6.91. The van der Waals surface area contributed by atoms with Crippen LogP contribution in [0.3, 0.4) is 0 Å². The third-order valence-electron chi connectivity index (χ3n) is 9.83. The summed E-state index contributed by atoms with van der Waals surface area (Å²) < 4.78 is 11.3. The second kappa shape index (κ2) is 10.7. The van der Waals surface area contributed by atoms with Gasteiger partial charge in [-0.1, -0.05) is 127 Å². The molecule has 10 rings (SSSR count). The van der Waals surface area contributed by atoms with Gasteiger partial charge in [-0.25, -0.2) is 0 Å². The number of hydrogen-bond donors (Lipinski definition) is 1. The summed E-state index contributed by atoms with van der Waals surface area (Å²) >= 11 is 0. The van der Waals surface area contributed by atoms with Crippen molar-refractivity contribution in [3.05, 3.63) is 175 Å². The zero-order valence-corrected chi connectivity index (χ0v) is 26.5. The molecule has 5 heteroatoms. The Kier molecular flexibility index (Phi) is 6.02. The van der Waals surface area contributed by atoms with E-state index in [1.54, 1.807) is 0 Å². The molecular formula is C44H30N4O. The fourth-order valence-electron chi connectivity index (χ4n) is 7.66. The Labute approximate surface area is 282 Å². The van der Waals surface area contributed by atoms with Gasteiger partial charge in [0.25, 0.3) is 0 Å². The van der Waals surface area contributed by atoms with Crippen LogP contribution in [-0.4, -0.2) is 14.8 Å². The lowest BCUT2D eigenvalue weighted by molar-refractivity contribution is 0.470. The Bertz CT molecular complexity index is 2820. The number of para-hydroxylation sites is 3. The molecule has 0 radical (unpaired) electrons. The molecular weight excluding hydrogens is 601 g/mol. The summed E-state index contributed by atoms with van der Waals surface area (Å²) in [7, 11) is 0. The zero-order chi connectivity index (χ0) is 32.5. The highest BCUT2D eigenvalue weighted by Gasteiger charge is 2.30. The molecule has 0 fully saturated rings. The molecule has 2 aromatic heterocycles. The van der Waals surface area contributed by atoms with Crippen molar-refractivity contribution in [1.29, 1.82) is 0 Å². The summed E-state index contributed by atoms with van der Waals surface area (Å²) in [5.74, 6) is 1.35. The van der Waals surface area contributed by atoms with Crippen LogP contribution in [0, 0.1) is 0 Å². The number of aromatic nitrogens is 2. The number of rotatable bonds is 4. The van der Waals surface area contributed by atoms with Gasteiger partial charge in [-0.15, -0.1) is 0 Å². The highest BCUT2D eigenvalue weighted by atomic mass is 16.5. The van der Waals surface area contributed by atoms with Crippen LogP contribution in [0.25, 0.3) is 65.8 Å². The molecule has 232 valence electrons. The normalized spacial score (nSPS) is 14.7. The molecule has 0 spiro atoms. The zero-order valence-electron chi connectivity index (χ0n) is 26.5. The predicted octanol–water partition coefficient (Wildman–Crippen LogP) is 10.2. The monoisotopic (exact) mass is 630 g/mol. The predicted molar refractivity (Wildman–Crippen MR) is 202 cm³/mol. The molecule has 1 aliphatic heterocycles. The van der Waals surface area contributed by atoms with Gasteiger partial charge in [0.15, 0.2) is 5.76 Å². The summed E-state index contributed by atoms with van der Waals surface area (Å²) in [6.07, 6.45) is 0. The third kappa shape index (κ3) is 4.09. The Morgan fingerprint density at radius 3 is 1.94 bits per heavy atom. The average Bonchev–Trinajstić information content (AvgIpc) is 3.82. The summed E-state index contributed by atoms with van der Waals surface area (Å²) in [6, 6.07) is 55.0. The lowest BCUT2D eigenvalue weighted by atomic mass is 9.99. The molecule has 0 atom stereocenters. The maximum Gasteiger partial charge on any atom is 0.176 e. The quantitative estimate of drug-likeness (QED) is 0.210. The van der Waals surface area contributed by atoms with Crippen molar-refractivity contribution >= 4 is 65.8 Å². The van der Waals surface area contributed by atoms with Crippen molar-refractivity contribution in [2.24, 2.45) is 10.7 Å². The molecule has 0 unspecified atom stereocenters. The van der Waals surface area contributed by atoms with E-state index in [4.69, 9.17) is 15.5 Å². The first kappa shape index (κ1) is 27.5. The molecule has 1 aliphatic rings. The minimum Gasteiger partial charge on any atom is -0.452 e. The van der Waals surface area contributed by atoms with Gasteiger partial charge >= 0.3 is 0 Å². The van der Waals surface area contributed by atoms with Crippen LogP contribution in [0.5, 0.6) is 5.75 Å². The van der Waals surface area contributed by atoms with E-state index in [1.165, 1.54) is 27.1 Å². The minimum atomic E-state index is 0.367. The van der Waals surface area contributed by atoms with Crippen LogP contribution >= 0.6 is 0 Å². The molecule has 0 saturated carbocycles. The van der Waals surface area contributed by atoms with E-state index in [9.17, 15) is 0 Å². The largest absolute Gasteiger partial charge is 0.452 e. The topological polar surface area (TPSA) is 57.5 Å². The molecule has 5 nitrogen and oxygen atoms in total. The molecule has 3 heterocycles. The Morgan fingerprint density at radius 2 is 1.16 bits per heavy atom. The van der Waals surface area contributed by atoms with Crippen molar-refractivity contribution in [1.82, 2.24) is 9.13 Å². The molecule has 0 saturated heterocycles. The first-order chi connectivity index (χ1) is 24.3. The number of nitrogens with two attached hydrogens (primary N) is 1. The number of hydrogen-bond acceptors (Lipinski definition) is 3. The van der Waals surface area contributed by atoms with Crippen LogP contribution in [0.2, 0.25) is 0 Å². The maximum absolute atomic E-state index is 6.91. The van der Waals surface area contributed by atoms with E-state index < -0.39 is 0 Å². The molecule has 0 bridgehead atoms. The van der Waals surface area contributed by atoms with Crippen molar-refractivity contribution < 1.29 is 4.74 Å². The van der Waals surface area contributed by atoms with Crippen molar-refractivity contribution in [3.63, 3.8) is 0 Å². The Hall–Kier alpha value is -6.59. The fourth-order valence-corrected chi connectivity index (χ4v) is 7.66. The van der Waals surface area contributed by atoms with Crippen LogP contribution in [0.4, 0.5) is 0 Å². The van der Waals surface area contributed by atoms with Gasteiger partial charge in [-0.2, -0.15) is 0 Å². The van der Waals surface area contributed by atoms with E-state index >= 15 is 0 Å². The van der Waals surface area contributed by atoms with Crippen LogP contribution in [0.1, 0.15) is 11.1 Å². The number of aliphatic imine (C=N–C) groups is 1. The third-order valence-corrected chi connectivity index (χ3v) is 9.83. The highest BCUT2D eigenvalue weighted by Crippen LogP contribution is 2.42. The Balaban J connectivity index is 1.29. The van der Waals surface area contributed by atoms with E-state index in [1.807, 2.05) is 36.4 Å². The molecule has 0 amide bonds. The van der Waals surface area contributed by atoms with Gasteiger partial charge in [-0.3, -0.25) is 4.99 Å². The second-order valence-corrected chi connectivity index (χ2v) is 12.5. The molecule has 2 N–H and O–H groups in total. The lowest BCUT2D eigenvalue weighted by Gasteiger charge is -2.12. The summed E-state index contributed by atoms with van der Waals surface area (Å²) in [5, 5.41) is 7.02. The summed E-state index contributed by atoms with van der Waals surface area (Å²) in [4.78, 5) is 5.46. The van der Waals surface area contributed by atoms with Crippen molar-refractivity contribution in [2.75, 3.05) is 0 Å². The number of benzene rings is 7. The van der Waals surface area contributed by atoms with Gasteiger partial charge < -0.3 is 19.6 Å². The summed E-state index contributed by atoms with van der Waals surface area (Å²) in [5.41, 5.74) is 15.8. The van der Waals surface area contributed by atoms with Crippen LogP contribution in [0.15, 0.2) is 168 Å². The van der Waals surface area contributed by atoms with Gasteiger partial charge in [0, 0.05) is 32.8 Å². The fraction of sp³-hybridized carbons (Fsp3) is 0.0227. The lowest BCUT2D eigenvalue weighted by Crippen LogP contribution is -2.12. The molecule has 0 aliphatic carbocycles. The smallest absolute Gasteiger partial charge is 0.176 e. The first-order valence-corrected chi connectivity index (χ1v) is 16.5. The number of allylic oxidation sites excluding steroid dienone is 1. The highest BCUT2D eigenvalue weighted by molar-refractivity contribution is 6.25. The van der Waals surface area contributed by atoms with E-state index in [0.29, 0.717) is 18.1 Å². The second-order valence-electron chi connectivity index (χ2n) is 12.5. The molecule has 49 heavy (non-hydrogen) atoms. The van der Waals surface area contributed by atoms with Crippen LogP contribution < -0.4 is 10.5 Å². The van der Waals surface area contributed by atoms with E-state index in [2.05, 4.69) is 130 Å². The van der Waals surface area contributed by atoms with Crippen LogP contribution in [-0.2, 0) is 6.67 Å². The first-order valence-electron chi connectivity index (χ1n) is 16.5. The van der Waals surface area contributed by atoms with Gasteiger partial charge in [0.2, 0.25) is 0 Å². The van der Waals surface area contributed by atoms with Gasteiger partial charge in [0.1, 0.15) is 18.1 Å². The average molecular weight is 631 g/mol. The summed E-state index contributed by atoms with van der Waals surface area (Å²) in [6.45, 7) is 0.367. The Morgan fingerprint density at radius 1 is 0.551 bits per heavy atom. The molecule has 9 aromatic rings. The number of ether oxygens (including phenoxy) is 1.